The fourth-order valence-electron chi connectivity index (χ4n) is 4.29. The predicted octanol–water partition coefficient (Wildman–Crippen LogP) is 2.64. The van der Waals surface area contributed by atoms with Crippen molar-refractivity contribution in [2.75, 3.05) is 40.0 Å². The van der Waals surface area contributed by atoms with Gasteiger partial charge < -0.3 is 18.8 Å². The molecular weight excluding hydrogens is 418 g/mol. The van der Waals surface area contributed by atoms with E-state index in [4.69, 9.17) is 14.2 Å². The van der Waals surface area contributed by atoms with E-state index in [-0.39, 0.29) is 4.90 Å². The first-order chi connectivity index (χ1) is 15.0. The molecule has 0 aliphatic carbocycles. The number of hydrogen-bond acceptors (Lipinski definition) is 6. The van der Waals surface area contributed by atoms with Gasteiger partial charge in [-0.15, -0.1) is 0 Å². The fraction of sp³-hybridized carbons (Fsp3) is 0.591. The number of imidazole rings is 1. The molecule has 0 N–H and O–H groups in total. The van der Waals surface area contributed by atoms with Gasteiger partial charge in [-0.2, -0.15) is 4.31 Å². The average molecular weight is 450 g/mol. The maximum Gasteiger partial charge on any atom is 0.243 e. The number of rotatable bonds is 8. The van der Waals surface area contributed by atoms with Gasteiger partial charge >= 0.3 is 0 Å². The first kappa shape index (κ1) is 22.1. The second kappa shape index (κ2) is 9.58. The van der Waals surface area contributed by atoms with E-state index in [1.807, 2.05) is 6.20 Å². The number of fused-ring (bicyclic) bond motifs is 1. The van der Waals surface area contributed by atoms with E-state index < -0.39 is 10.0 Å². The van der Waals surface area contributed by atoms with Crippen LogP contribution in [0.4, 0.5) is 0 Å². The predicted molar refractivity (Wildman–Crippen MR) is 116 cm³/mol. The Kier molecular flexibility index (Phi) is 6.83. The van der Waals surface area contributed by atoms with Gasteiger partial charge in [0.1, 0.15) is 19.0 Å². The van der Waals surface area contributed by atoms with Gasteiger partial charge in [-0.05, 0) is 44.2 Å². The zero-order chi connectivity index (χ0) is 21.8. The minimum Gasteiger partial charge on any atom is -0.486 e. The lowest BCUT2D eigenvalue weighted by atomic mass is 9.94. The van der Waals surface area contributed by atoms with Crippen molar-refractivity contribution in [3.8, 4) is 11.5 Å². The molecule has 31 heavy (non-hydrogen) atoms. The van der Waals surface area contributed by atoms with Crippen molar-refractivity contribution in [3.63, 3.8) is 0 Å². The number of hydrogen-bond donors (Lipinski definition) is 0. The summed E-state index contributed by atoms with van der Waals surface area (Å²) in [7, 11) is -1.83. The van der Waals surface area contributed by atoms with Crippen LogP contribution >= 0.6 is 0 Å². The third kappa shape index (κ3) is 4.88. The lowest BCUT2D eigenvalue weighted by Gasteiger charge is -2.31. The van der Waals surface area contributed by atoms with E-state index in [1.54, 1.807) is 29.6 Å². The van der Waals surface area contributed by atoms with Crippen molar-refractivity contribution < 1.29 is 22.6 Å². The fourth-order valence-corrected chi connectivity index (χ4v) is 5.78. The van der Waals surface area contributed by atoms with E-state index in [2.05, 4.69) is 16.5 Å². The molecule has 1 aromatic carbocycles. The van der Waals surface area contributed by atoms with Gasteiger partial charge in [0.15, 0.2) is 11.5 Å². The molecule has 4 rings (SSSR count). The number of ether oxygens (including phenoxy) is 3. The Morgan fingerprint density at radius 2 is 1.90 bits per heavy atom. The third-order valence-corrected chi connectivity index (χ3v) is 7.96. The summed E-state index contributed by atoms with van der Waals surface area (Å²) in [5.41, 5.74) is 1.16. The summed E-state index contributed by atoms with van der Waals surface area (Å²) in [5, 5.41) is 0. The SMILES string of the molecule is COCCCn1c(C)cnc1CC1CCN(S(=O)(=O)c2ccc3c(c2)OCCO3)CC1. The Labute approximate surface area is 184 Å². The Balaban J connectivity index is 1.38. The van der Waals surface area contributed by atoms with E-state index in [0.29, 0.717) is 43.7 Å². The third-order valence-electron chi connectivity index (χ3n) is 6.06. The number of aryl methyl sites for hydroxylation is 1. The summed E-state index contributed by atoms with van der Waals surface area (Å²) in [6, 6.07) is 4.86. The molecule has 2 aliphatic rings. The van der Waals surface area contributed by atoms with Crippen LogP contribution in [0.15, 0.2) is 29.3 Å². The maximum absolute atomic E-state index is 13.1. The van der Waals surface area contributed by atoms with Crippen LogP contribution in [0.2, 0.25) is 0 Å². The molecule has 0 unspecified atom stereocenters. The van der Waals surface area contributed by atoms with Gasteiger partial charge in [-0.1, -0.05) is 0 Å². The van der Waals surface area contributed by atoms with E-state index >= 15 is 0 Å². The highest BCUT2D eigenvalue weighted by Gasteiger charge is 2.31. The Bertz CT molecular complexity index is 997. The van der Waals surface area contributed by atoms with Gasteiger partial charge in [0.05, 0.1) is 4.90 Å². The molecule has 0 radical (unpaired) electrons. The zero-order valence-corrected chi connectivity index (χ0v) is 19.1. The highest BCUT2D eigenvalue weighted by molar-refractivity contribution is 7.89. The van der Waals surface area contributed by atoms with Crippen LogP contribution < -0.4 is 9.47 Å². The van der Waals surface area contributed by atoms with Crippen molar-refractivity contribution in [2.24, 2.45) is 5.92 Å². The minimum absolute atomic E-state index is 0.263. The molecule has 9 heteroatoms. The Morgan fingerprint density at radius 3 is 2.65 bits per heavy atom. The molecule has 170 valence electrons. The quantitative estimate of drug-likeness (QED) is 0.576. The number of piperidine rings is 1. The standard InChI is InChI=1S/C22H31N3O5S/c1-17-16-23-22(25(17)8-3-11-28-2)14-18-6-9-24(10-7-18)31(26,27)19-4-5-20-21(15-19)30-13-12-29-20/h4-5,15-16,18H,3,6-14H2,1-2H3. The Morgan fingerprint density at radius 1 is 1.16 bits per heavy atom. The van der Waals surface area contributed by atoms with Crippen molar-refractivity contribution in [2.45, 2.75) is 44.0 Å². The molecule has 8 nitrogen and oxygen atoms in total. The topological polar surface area (TPSA) is 82.9 Å². The summed E-state index contributed by atoms with van der Waals surface area (Å²) < 4.78 is 46.4. The molecule has 0 amide bonds. The molecule has 0 atom stereocenters. The number of methoxy groups -OCH3 is 1. The normalized spacial score (nSPS) is 17.7. The monoisotopic (exact) mass is 449 g/mol. The summed E-state index contributed by atoms with van der Waals surface area (Å²) in [4.78, 5) is 4.87. The van der Waals surface area contributed by atoms with Crippen LogP contribution in [0.1, 0.15) is 30.8 Å². The molecule has 1 fully saturated rings. The van der Waals surface area contributed by atoms with Crippen LogP contribution in [0.25, 0.3) is 0 Å². The maximum atomic E-state index is 13.1. The molecule has 0 spiro atoms. The second-order valence-corrected chi connectivity index (χ2v) is 10.1. The number of sulfonamides is 1. The highest BCUT2D eigenvalue weighted by atomic mass is 32.2. The van der Waals surface area contributed by atoms with Gasteiger partial charge in [0, 0.05) is 57.7 Å². The largest absolute Gasteiger partial charge is 0.486 e. The van der Waals surface area contributed by atoms with E-state index in [1.165, 1.54) is 0 Å². The zero-order valence-electron chi connectivity index (χ0n) is 18.2. The lowest BCUT2D eigenvalue weighted by molar-refractivity contribution is 0.171. The van der Waals surface area contributed by atoms with Crippen molar-refractivity contribution in [1.29, 1.82) is 0 Å². The summed E-state index contributed by atoms with van der Waals surface area (Å²) >= 11 is 0. The first-order valence-corrected chi connectivity index (χ1v) is 12.3. The summed E-state index contributed by atoms with van der Waals surface area (Å²) in [6.07, 6.45) is 5.40. The molecule has 3 heterocycles. The van der Waals surface area contributed by atoms with Crippen molar-refractivity contribution in [1.82, 2.24) is 13.9 Å². The molecule has 1 saturated heterocycles. The summed E-state index contributed by atoms with van der Waals surface area (Å²) in [6.45, 7) is 5.65. The minimum atomic E-state index is -3.55. The average Bonchev–Trinajstić information content (AvgIpc) is 3.13. The van der Waals surface area contributed by atoms with Gasteiger partial charge in [-0.3, -0.25) is 0 Å². The van der Waals surface area contributed by atoms with E-state index in [9.17, 15) is 8.42 Å². The molecule has 0 saturated carbocycles. The summed E-state index contributed by atoms with van der Waals surface area (Å²) in [5.74, 6) is 2.61. The van der Waals surface area contributed by atoms with E-state index in [0.717, 1.165) is 50.4 Å². The first-order valence-electron chi connectivity index (χ1n) is 10.9. The van der Waals surface area contributed by atoms with Crippen LogP contribution in [0.5, 0.6) is 11.5 Å². The van der Waals surface area contributed by atoms with Crippen LogP contribution in [-0.4, -0.2) is 62.3 Å². The molecule has 2 aromatic rings. The van der Waals surface area contributed by atoms with Crippen molar-refractivity contribution >= 4 is 10.0 Å². The van der Waals surface area contributed by atoms with Gasteiger partial charge in [-0.25, -0.2) is 13.4 Å². The van der Waals surface area contributed by atoms with Crippen LogP contribution in [0, 0.1) is 12.8 Å². The van der Waals surface area contributed by atoms with Gasteiger partial charge in [0.2, 0.25) is 10.0 Å². The number of aromatic nitrogens is 2. The second-order valence-electron chi connectivity index (χ2n) is 8.17. The smallest absolute Gasteiger partial charge is 0.243 e. The molecule has 2 aliphatic heterocycles. The molecule has 0 bridgehead atoms. The molecular formula is C22H31N3O5S. The highest BCUT2D eigenvalue weighted by Crippen LogP contribution is 2.34. The van der Waals surface area contributed by atoms with Crippen LogP contribution in [-0.2, 0) is 27.7 Å². The van der Waals surface area contributed by atoms with Crippen LogP contribution in [0.3, 0.4) is 0 Å². The number of nitrogens with zero attached hydrogens (tertiary/aromatic N) is 3. The Hall–Kier alpha value is -2.10. The molecule has 1 aromatic heterocycles. The lowest BCUT2D eigenvalue weighted by Crippen LogP contribution is -2.39. The van der Waals surface area contributed by atoms with Gasteiger partial charge in [0.25, 0.3) is 0 Å². The number of benzene rings is 1. The van der Waals surface area contributed by atoms with Crippen molar-refractivity contribution in [3.05, 3.63) is 35.9 Å².